The average molecular weight is 1320 g/mol. The molecule has 0 fully saturated rings. The van der Waals surface area contributed by atoms with Crippen LogP contribution in [0.5, 0.6) is 0 Å². The van der Waals surface area contributed by atoms with Crippen molar-refractivity contribution in [3.63, 3.8) is 0 Å². The molecule has 0 aromatic carbocycles. The van der Waals surface area contributed by atoms with Crippen LogP contribution >= 0.6 is 7.82 Å². The van der Waals surface area contributed by atoms with Gasteiger partial charge in [-0.2, -0.15) is 0 Å². The van der Waals surface area contributed by atoms with E-state index in [0.717, 1.165) is 180 Å². The Kier molecular flexibility index (Phi) is 70.9. The molecule has 0 bridgehead atoms. The van der Waals surface area contributed by atoms with Crippen molar-refractivity contribution in [3.8, 4) is 0 Å². The van der Waals surface area contributed by atoms with E-state index in [9.17, 15) is 19.0 Å². The fraction of sp³-hybridized carbons (Fsp3) is 0.459. The summed E-state index contributed by atoms with van der Waals surface area (Å²) < 4.78 is 33.1. The lowest BCUT2D eigenvalue weighted by molar-refractivity contribution is -0.161. The lowest BCUT2D eigenvalue weighted by Gasteiger charge is -2.19. The van der Waals surface area contributed by atoms with Gasteiger partial charge in [0, 0.05) is 19.4 Å². The highest BCUT2D eigenvalue weighted by atomic mass is 31.2. The highest BCUT2D eigenvalue weighted by Gasteiger charge is 2.26. The highest BCUT2D eigenvalue weighted by molar-refractivity contribution is 7.47. The van der Waals surface area contributed by atoms with E-state index >= 15 is 0 Å². The van der Waals surface area contributed by atoms with Gasteiger partial charge in [0.2, 0.25) is 0 Å². The first-order chi connectivity index (χ1) is 46.8. The number of esters is 2. The van der Waals surface area contributed by atoms with E-state index in [1.54, 1.807) is 0 Å². The summed E-state index contributed by atoms with van der Waals surface area (Å²) in [6.07, 6.45) is 125. The minimum absolute atomic E-state index is 0.0267. The van der Waals surface area contributed by atoms with Crippen LogP contribution < -0.4 is 5.73 Å². The molecule has 0 rings (SSSR count). The van der Waals surface area contributed by atoms with Crippen LogP contribution in [0.3, 0.4) is 0 Å². The second kappa shape index (κ2) is 76.3. The van der Waals surface area contributed by atoms with Crippen molar-refractivity contribution in [1.82, 2.24) is 0 Å². The van der Waals surface area contributed by atoms with Gasteiger partial charge in [-0.15, -0.1) is 0 Å². The lowest BCUT2D eigenvalue weighted by atomic mass is 10.1. The summed E-state index contributed by atoms with van der Waals surface area (Å²) in [4.78, 5) is 35.3. The zero-order valence-corrected chi connectivity index (χ0v) is 59.7. The third-order valence-electron chi connectivity index (χ3n) is 13.6. The predicted octanol–water partition coefficient (Wildman–Crippen LogP) is 24.3. The maximum Gasteiger partial charge on any atom is 0.472 e. The quantitative estimate of drug-likeness (QED) is 0.0264. The Balaban J connectivity index is 4.15. The van der Waals surface area contributed by atoms with Gasteiger partial charge >= 0.3 is 19.8 Å². The molecule has 2 unspecified atom stereocenters. The smallest absolute Gasteiger partial charge is 0.462 e. The Hall–Kier alpha value is -6.71. The van der Waals surface area contributed by atoms with Crippen molar-refractivity contribution in [2.75, 3.05) is 26.4 Å². The summed E-state index contributed by atoms with van der Waals surface area (Å²) in [6, 6.07) is 0. The second-order valence-electron chi connectivity index (χ2n) is 22.3. The van der Waals surface area contributed by atoms with Crippen molar-refractivity contribution in [2.45, 2.75) is 225 Å². The van der Waals surface area contributed by atoms with E-state index in [-0.39, 0.29) is 32.6 Å². The van der Waals surface area contributed by atoms with Crippen LogP contribution in [0.15, 0.2) is 267 Å². The number of unbranched alkanes of at least 4 members (excludes halogenated alkanes) is 6. The molecule has 3 N–H and O–H groups in total. The molecular weight excluding hydrogens is 1190 g/mol. The van der Waals surface area contributed by atoms with Crippen molar-refractivity contribution >= 4 is 19.8 Å². The maximum atomic E-state index is 12.8. The first-order valence-electron chi connectivity index (χ1n) is 35.8. The van der Waals surface area contributed by atoms with E-state index in [0.29, 0.717) is 12.8 Å². The minimum atomic E-state index is -4.44. The lowest BCUT2D eigenvalue weighted by Crippen LogP contribution is -2.29. The molecule has 0 aliphatic carbocycles. The number of nitrogens with two attached hydrogens (primary N) is 1. The summed E-state index contributed by atoms with van der Waals surface area (Å²) in [6.45, 7) is 3.39. The number of rotatable bonds is 63. The molecule has 10 heteroatoms. The Morgan fingerprint density at radius 1 is 0.316 bits per heavy atom. The van der Waals surface area contributed by atoms with Crippen LogP contribution in [0.4, 0.5) is 0 Å². The van der Waals surface area contributed by atoms with E-state index in [2.05, 4.69) is 281 Å². The fourth-order valence-corrected chi connectivity index (χ4v) is 9.17. The van der Waals surface area contributed by atoms with Crippen LogP contribution in [0.25, 0.3) is 0 Å². The standard InChI is InChI=1S/C85H126NO8P/c1-3-5-7-9-11-13-15-17-19-21-23-25-27-29-31-33-35-37-39-40-41-42-44-46-48-50-52-54-56-58-60-62-64-66-68-70-72-74-76-78-85(88)94-83(82-93-95(89,90)92-80-79-86)81-91-84(87)77-75-73-71-69-67-65-63-61-59-57-55-53-51-49-47-45-43-38-36-34-32-30-28-26-24-22-20-18-16-14-12-10-8-6-4-2/h5-8,11-14,17-20,23-26,29-32,35-38,40-41,44-47,50-53,56-59,62-65,68,70,83H,3-4,9-10,15-16,21-22,27-28,33-34,39,42-43,48-49,54-55,60-61,66-67,69,71-82,86H2,1-2H3,(H,89,90)/b7-5-,8-6-,13-11-,14-12-,19-17-,20-18-,25-23-,26-24-,31-29-,32-30-,37-35-,38-36-,41-40-,46-44-,47-45-,52-50-,53-51-,58-56-,59-57-,64-62-,65-63-,70-68-. The number of phosphoric acid groups is 1. The molecular formula is C85H126NO8P. The molecule has 2 atom stereocenters. The number of carbonyl (C=O) groups is 2. The predicted molar refractivity (Wildman–Crippen MR) is 412 cm³/mol. The molecule has 0 spiro atoms. The monoisotopic (exact) mass is 1320 g/mol. The van der Waals surface area contributed by atoms with Crippen LogP contribution in [0.2, 0.25) is 0 Å². The fourth-order valence-electron chi connectivity index (χ4n) is 8.41. The average Bonchev–Trinajstić information content (AvgIpc) is 3.16. The molecule has 0 aromatic rings. The van der Waals surface area contributed by atoms with Gasteiger partial charge < -0.3 is 20.1 Å². The SMILES string of the molecule is CC/C=C\C/C=C\C/C=C\C/C=C\C/C=C\C/C=C\C/C=C\C/C=C\C/C=C\C/C=C\C/C=C\C/C=C\CCCCC(=O)OC(COC(=O)CCCCCC/C=C\C/C=C\C/C=C\C/C=C\C/C=C\C/C=C\C/C=C\C/C=C\C/C=C\C/C=C\CC)COP(=O)(O)OCCN. The summed E-state index contributed by atoms with van der Waals surface area (Å²) in [5.74, 6) is -0.934. The van der Waals surface area contributed by atoms with Crippen molar-refractivity contribution in [3.05, 3.63) is 267 Å². The summed E-state index contributed by atoms with van der Waals surface area (Å²) >= 11 is 0. The molecule has 0 aliphatic heterocycles. The Morgan fingerprint density at radius 2 is 0.547 bits per heavy atom. The van der Waals surface area contributed by atoms with Gasteiger partial charge in [-0.25, -0.2) is 4.57 Å². The number of hydrogen-bond acceptors (Lipinski definition) is 8. The van der Waals surface area contributed by atoms with Crippen LogP contribution in [-0.4, -0.2) is 49.3 Å². The van der Waals surface area contributed by atoms with Crippen molar-refractivity contribution in [2.24, 2.45) is 5.73 Å². The largest absolute Gasteiger partial charge is 0.472 e. The third kappa shape index (κ3) is 76.2. The van der Waals surface area contributed by atoms with Gasteiger partial charge in [-0.1, -0.05) is 294 Å². The first kappa shape index (κ1) is 88.3. The first-order valence-corrected chi connectivity index (χ1v) is 37.3. The normalized spacial score (nSPS) is 14.5. The third-order valence-corrected chi connectivity index (χ3v) is 14.6. The van der Waals surface area contributed by atoms with Crippen molar-refractivity contribution < 1.29 is 37.6 Å². The zero-order chi connectivity index (χ0) is 68.6. The maximum absolute atomic E-state index is 12.8. The Bertz CT molecular complexity index is 2560. The van der Waals surface area contributed by atoms with Gasteiger partial charge in [0.25, 0.3) is 0 Å². The topological polar surface area (TPSA) is 134 Å². The summed E-state index contributed by atoms with van der Waals surface area (Å²) in [5, 5.41) is 0. The second-order valence-corrected chi connectivity index (χ2v) is 23.7. The molecule has 0 amide bonds. The molecule has 0 saturated heterocycles. The zero-order valence-electron chi connectivity index (χ0n) is 58.8. The van der Waals surface area contributed by atoms with E-state index < -0.39 is 32.5 Å². The van der Waals surface area contributed by atoms with Crippen LogP contribution in [0, 0.1) is 0 Å². The number of allylic oxidation sites excluding steroid dienone is 44. The molecule has 524 valence electrons. The summed E-state index contributed by atoms with van der Waals surface area (Å²) in [7, 11) is -4.44. The Morgan fingerprint density at radius 3 is 0.821 bits per heavy atom. The minimum Gasteiger partial charge on any atom is -0.462 e. The van der Waals surface area contributed by atoms with Gasteiger partial charge in [0.1, 0.15) is 6.61 Å². The number of hydrogen-bond donors (Lipinski definition) is 2. The van der Waals surface area contributed by atoms with Gasteiger partial charge in [0.15, 0.2) is 6.10 Å². The molecule has 0 saturated carbocycles. The van der Waals surface area contributed by atoms with E-state index in [1.165, 1.54) is 0 Å². The molecule has 95 heavy (non-hydrogen) atoms. The Labute approximate surface area is 579 Å². The molecule has 9 nitrogen and oxygen atoms in total. The highest BCUT2D eigenvalue weighted by Crippen LogP contribution is 2.43. The molecule has 0 aromatic heterocycles. The van der Waals surface area contributed by atoms with Crippen molar-refractivity contribution in [1.29, 1.82) is 0 Å². The van der Waals surface area contributed by atoms with Gasteiger partial charge in [-0.05, 0) is 180 Å². The van der Waals surface area contributed by atoms with Crippen LogP contribution in [0.1, 0.15) is 219 Å². The molecule has 0 radical (unpaired) electrons. The molecule has 0 heterocycles. The number of ether oxygens (including phenoxy) is 2. The number of phosphoric ester groups is 1. The van der Waals surface area contributed by atoms with E-state index in [4.69, 9.17) is 24.3 Å². The summed E-state index contributed by atoms with van der Waals surface area (Å²) in [5.41, 5.74) is 5.39. The number of carbonyl (C=O) groups excluding carboxylic acids is 2. The molecule has 0 aliphatic rings. The van der Waals surface area contributed by atoms with Gasteiger partial charge in [-0.3, -0.25) is 18.6 Å². The van der Waals surface area contributed by atoms with Gasteiger partial charge in [0.05, 0.1) is 13.2 Å². The van der Waals surface area contributed by atoms with Crippen LogP contribution in [-0.2, 0) is 32.7 Å². The van der Waals surface area contributed by atoms with E-state index in [1.807, 2.05) is 0 Å².